The lowest BCUT2D eigenvalue weighted by atomic mass is 10.1. The molecule has 2 heterocycles. The molecule has 2 amide bonds. The summed E-state index contributed by atoms with van der Waals surface area (Å²) >= 11 is 0. The van der Waals surface area contributed by atoms with Crippen LogP contribution in [0.25, 0.3) is 0 Å². The molecule has 0 saturated carbocycles. The fourth-order valence-electron chi connectivity index (χ4n) is 3.12. The summed E-state index contributed by atoms with van der Waals surface area (Å²) in [6.07, 6.45) is 2.74. The van der Waals surface area contributed by atoms with Crippen LogP contribution in [0.1, 0.15) is 66.0 Å². The van der Waals surface area contributed by atoms with Crippen LogP contribution in [0.3, 0.4) is 0 Å². The van der Waals surface area contributed by atoms with Gasteiger partial charge in [-0.3, -0.25) is 9.59 Å². The van der Waals surface area contributed by atoms with Crippen molar-refractivity contribution >= 4 is 17.5 Å². The molecule has 3 rings (SSSR count). The van der Waals surface area contributed by atoms with Gasteiger partial charge in [-0.15, -0.1) is 0 Å². The van der Waals surface area contributed by atoms with E-state index in [1.165, 1.54) is 0 Å². The van der Waals surface area contributed by atoms with Crippen molar-refractivity contribution in [3.05, 3.63) is 47.0 Å². The van der Waals surface area contributed by atoms with E-state index in [2.05, 4.69) is 15.6 Å². The summed E-state index contributed by atoms with van der Waals surface area (Å²) in [6.45, 7) is 8.49. The van der Waals surface area contributed by atoms with E-state index in [0.717, 1.165) is 36.2 Å². The van der Waals surface area contributed by atoms with Gasteiger partial charge in [0.2, 0.25) is 0 Å². The molecule has 6 heteroatoms. The van der Waals surface area contributed by atoms with E-state index in [1.54, 1.807) is 0 Å². The van der Waals surface area contributed by atoms with Crippen molar-refractivity contribution in [2.75, 3.05) is 5.32 Å². The minimum atomic E-state index is -0.359. The number of hydrogen-bond donors (Lipinski definition) is 2. The average molecular weight is 354 g/mol. The Hall–Kier alpha value is -2.63. The summed E-state index contributed by atoms with van der Waals surface area (Å²) in [5.41, 5.74) is 2.69. The number of carbonyl (C=O) groups excluding carboxylic acids is 2. The van der Waals surface area contributed by atoms with Gasteiger partial charge in [-0.05, 0) is 59.1 Å². The van der Waals surface area contributed by atoms with Gasteiger partial charge >= 0.3 is 0 Å². The van der Waals surface area contributed by atoms with Crippen LogP contribution >= 0.6 is 0 Å². The Kier molecular flexibility index (Phi) is 4.85. The molecule has 0 unspecified atom stereocenters. The van der Waals surface area contributed by atoms with Crippen molar-refractivity contribution in [2.45, 2.75) is 59.0 Å². The maximum Gasteiger partial charge on any atom is 0.287 e. The normalized spacial score (nSPS) is 13.8. The van der Waals surface area contributed by atoms with Crippen molar-refractivity contribution in [3.8, 4) is 0 Å². The van der Waals surface area contributed by atoms with Crippen LogP contribution < -0.4 is 10.6 Å². The average Bonchev–Trinajstić information content (AvgIpc) is 2.95. The van der Waals surface area contributed by atoms with Crippen molar-refractivity contribution in [1.82, 2.24) is 14.9 Å². The third kappa shape index (κ3) is 3.95. The highest BCUT2D eigenvalue weighted by Crippen LogP contribution is 2.22. The molecule has 2 N–H and O–H groups in total. The molecule has 1 aromatic heterocycles. The molecule has 1 aromatic carbocycles. The predicted molar refractivity (Wildman–Crippen MR) is 102 cm³/mol. The Labute approximate surface area is 154 Å². The maximum absolute atomic E-state index is 12.8. The van der Waals surface area contributed by atoms with Gasteiger partial charge in [0.05, 0.1) is 5.69 Å². The lowest BCUT2D eigenvalue weighted by Gasteiger charge is -2.22. The third-order valence-corrected chi connectivity index (χ3v) is 4.33. The number of fused-ring (bicyclic) bond motifs is 1. The number of aromatic nitrogens is 2. The second kappa shape index (κ2) is 6.94. The summed E-state index contributed by atoms with van der Waals surface area (Å²) in [5, 5.41) is 5.83. The number of nitrogens with one attached hydrogen (secondary N) is 2. The molecule has 0 fully saturated rings. The van der Waals surface area contributed by atoms with Crippen molar-refractivity contribution in [2.24, 2.45) is 0 Å². The van der Waals surface area contributed by atoms with Gasteiger partial charge in [0.25, 0.3) is 11.8 Å². The zero-order valence-corrected chi connectivity index (χ0v) is 15.8. The Balaban J connectivity index is 1.90. The smallest absolute Gasteiger partial charge is 0.287 e. The van der Waals surface area contributed by atoms with Gasteiger partial charge in [-0.2, -0.15) is 0 Å². The minimum absolute atomic E-state index is 0.241. The number of hydrogen-bond acceptors (Lipinski definition) is 3. The summed E-state index contributed by atoms with van der Waals surface area (Å²) in [7, 11) is 0. The van der Waals surface area contributed by atoms with E-state index >= 15 is 0 Å². The van der Waals surface area contributed by atoms with Crippen LogP contribution in [-0.2, 0) is 13.0 Å². The van der Waals surface area contributed by atoms with Gasteiger partial charge in [0, 0.05) is 17.8 Å². The van der Waals surface area contributed by atoms with E-state index in [1.807, 2.05) is 56.5 Å². The van der Waals surface area contributed by atoms with E-state index in [9.17, 15) is 9.59 Å². The third-order valence-electron chi connectivity index (χ3n) is 4.33. The Morgan fingerprint density at radius 1 is 1.08 bits per heavy atom. The number of nitrogens with zero attached hydrogens (tertiary/aromatic N) is 2. The molecule has 0 radical (unpaired) electrons. The Morgan fingerprint density at radius 2 is 1.77 bits per heavy atom. The standard InChI is InChI=1S/C20H26N4O2/c1-13-8-10-14(11-9-13)21-18(25)16-15-7-5-6-12-24(15)17(22-16)19(26)23-20(2,3)4/h8-11H,5-7,12H2,1-4H3,(H,21,25)(H,23,26). The number of carbonyl (C=O) groups is 2. The van der Waals surface area contributed by atoms with Gasteiger partial charge in [0.1, 0.15) is 0 Å². The molecule has 0 saturated heterocycles. The van der Waals surface area contributed by atoms with Gasteiger partial charge in [-0.1, -0.05) is 17.7 Å². The van der Waals surface area contributed by atoms with Crippen LogP contribution in [0.5, 0.6) is 0 Å². The highest BCUT2D eigenvalue weighted by molar-refractivity contribution is 6.05. The fraction of sp³-hybridized carbons (Fsp3) is 0.450. The van der Waals surface area contributed by atoms with Crippen LogP contribution in [0.4, 0.5) is 5.69 Å². The van der Waals surface area contributed by atoms with Crippen molar-refractivity contribution < 1.29 is 9.59 Å². The quantitative estimate of drug-likeness (QED) is 0.888. The van der Waals surface area contributed by atoms with E-state index in [0.29, 0.717) is 18.1 Å². The molecular weight excluding hydrogens is 328 g/mol. The lowest BCUT2D eigenvalue weighted by Crippen LogP contribution is -2.42. The molecule has 1 aliphatic rings. The highest BCUT2D eigenvalue weighted by atomic mass is 16.2. The largest absolute Gasteiger partial charge is 0.345 e. The molecule has 1 aliphatic heterocycles. The van der Waals surface area contributed by atoms with Gasteiger partial charge in [-0.25, -0.2) is 4.98 Å². The number of benzene rings is 1. The summed E-state index contributed by atoms with van der Waals surface area (Å²) in [5.74, 6) is -0.187. The molecule has 26 heavy (non-hydrogen) atoms. The van der Waals surface area contributed by atoms with Crippen LogP contribution in [-0.4, -0.2) is 26.9 Å². The topological polar surface area (TPSA) is 76.0 Å². The van der Waals surface area contributed by atoms with Crippen LogP contribution in [0, 0.1) is 6.92 Å². The van der Waals surface area contributed by atoms with E-state index in [-0.39, 0.29) is 17.4 Å². The second-order valence-corrected chi connectivity index (χ2v) is 7.86. The molecule has 0 bridgehead atoms. The molecule has 138 valence electrons. The Bertz CT molecular complexity index is 829. The number of anilines is 1. The highest BCUT2D eigenvalue weighted by Gasteiger charge is 2.28. The first-order valence-electron chi connectivity index (χ1n) is 9.04. The van der Waals surface area contributed by atoms with Gasteiger partial charge < -0.3 is 15.2 Å². The van der Waals surface area contributed by atoms with E-state index in [4.69, 9.17) is 0 Å². The fourth-order valence-corrected chi connectivity index (χ4v) is 3.12. The van der Waals surface area contributed by atoms with E-state index < -0.39 is 0 Å². The lowest BCUT2D eigenvalue weighted by molar-refractivity contribution is 0.0903. The number of aryl methyl sites for hydroxylation is 1. The summed E-state index contributed by atoms with van der Waals surface area (Å²) in [4.78, 5) is 29.8. The molecule has 0 aliphatic carbocycles. The van der Waals surface area contributed by atoms with Crippen LogP contribution in [0.15, 0.2) is 24.3 Å². The number of rotatable bonds is 3. The molecule has 6 nitrogen and oxygen atoms in total. The molecule has 2 aromatic rings. The number of amides is 2. The maximum atomic E-state index is 12.8. The van der Waals surface area contributed by atoms with Gasteiger partial charge in [0.15, 0.2) is 11.5 Å². The predicted octanol–water partition coefficient (Wildman–Crippen LogP) is 3.31. The van der Waals surface area contributed by atoms with Crippen molar-refractivity contribution in [3.63, 3.8) is 0 Å². The summed E-state index contributed by atoms with van der Waals surface area (Å²) < 4.78 is 1.90. The first kappa shape index (κ1) is 18.2. The summed E-state index contributed by atoms with van der Waals surface area (Å²) in [6, 6.07) is 7.62. The molecule has 0 spiro atoms. The monoisotopic (exact) mass is 354 g/mol. The number of imidazole rings is 1. The zero-order valence-electron chi connectivity index (χ0n) is 15.8. The van der Waals surface area contributed by atoms with Crippen molar-refractivity contribution in [1.29, 1.82) is 0 Å². The molecule has 0 atom stereocenters. The SMILES string of the molecule is Cc1ccc(NC(=O)c2nc(C(=O)NC(C)(C)C)n3c2CCCC3)cc1. The minimum Gasteiger partial charge on any atom is -0.345 e. The zero-order chi connectivity index (χ0) is 18.9. The first-order valence-corrected chi connectivity index (χ1v) is 9.04. The Morgan fingerprint density at radius 3 is 2.42 bits per heavy atom. The molecular formula is C20H26N4O2. The first-order chi connectivity index (χ1) is 12.2. The van der Waals surface area contributed by atoms with Crippen LogP contribution in [0.2, 0.25) is 0 Å². The second-order valence-electron chi connectivity index (χ2n) is 7.86.